The molecular formula is C12H9Cl2FN2. The summed E-state index contributed by atoms with van der Waals surface area (Å²) in [6.45, 7) is 0. The van der Waals surface area contributed by atoms with Crippen LogP contribution in [0.1, 0.15) is 0 Å². The lowest BCUT2D eigenvalue weighted by Crippen LogP contribution is -1.93. The smallest absolute Gasteiger partial charge is 0.143 e. The number of anilines is 3. The minimum absolute atomic E-state index is 0.0824. The molecule has 3 N–H and O–H groups in total. The number of nitrogens with two attached hydrogens (primary N) is 1. The van der Waals surface area contributed by atoms with Crippen LogP contribution < -0.4 is 11.1 Å². The largest absolute Gasteiger partial charge is 0.399 e. The molecule has 0 heterocycles. The van der Waals surface area contributed by atoms with Crippen LogP contribution in [0.2, 0.25) is 10.0 Å². The third-order valence-corrected chi connectivity index (χ3v) is 2.81. The summed E-state index contributed by atoms with van der Waals surface area (Å²) in [4.78, 5) is 0. The van der Waals surface area contributed by atoms with E-state index in [9.17, 15) is 4.39 Å². The summed E-state index contributed by atoms with van der Waals surface area (Å²) in [6, 6.07) is 9.50. The van der Waals surface area contributed by atoms with Crippen molar-refractivity contribution in [1.29, 1.82) is 0 Å². The first-order valence-corrected chi connectivity index (χ1v) is 5.59. The summed E-state index contributed by atoms with van der Waals surface area (Å²) >= 11 is 11.6. The van der Waals surface area contributed by atoms with E-state index in [1.807, 2.05) is 0 Å². The Morgan fingerprint density at radius 3 is 2.41 bits per heavy atom. The first-order chi connectivity index (χ1) is 8.06. The van der Waals surface area contributed by atoms with Crippen LogP contribution in [0, 0.1) is 5.82 Å². The fourth-order valence-electron chi connectivity index (χ4n) is 1.36. The van der Waals surface area contributed by atoms with Gasteiger partial charge in [0.15, 0.2) is 0 Å². The second-order valence-electron chi connectivity index (χ2n) is 3.49. The Morgan fingerprint density at radius 1 is 1.00 bits per heavy atom. The van der Waals surface area contributed by atoms with Crippen molar-refractivity contribution in [2.24, 2.45) is 0 Å². The van der Waals surface area contributed by atoms with Crippen molar-refractivity contribution < 1.29 is 4.39 Å². The predicted molar refractivity (Wildman–Crippen MR) is 70.6 cm³/mol. The molecule has 0 radical (unpaired) electrons. The van der Waals surface area contributed by atoms with E-state index in [1.165, 1.54) is 12.1 Å². The maximum absolute atomic E-state index is 13.2. The molecule has 88 valence electrons. The monoisotopic (exact) mass is 270 g/mol. The van der Waals surface area contributed by atoms with E-state index in [-0.39, 0.29) is 5.02 Å². The molecule has 0 aliphatic rings. The molecule has 2 aromatic carbocycles. The van der Waals surface area contributed by atoms with Crippen molar-refractivity contribution in [3.8, 4) is 0 Å². The third kappa shape index (κ3) is 2.81. The van der Waals surface area contributed by atoms with Crippen LogP contribution in [-0.2, 0) is 0 Å². The maximum Gasteiger partial charge on any atom is 0.143 e. The van der Waals surface area contributed by atoms with Gasteiger partial charge in [-0.25, -0.2) is 4.39 Å². The summed E-state index contributed by atoms with van der Waals surface area (Å²) in [6.07, 6.45) is 0. The fraction of sp³-hybridized carbons (Fsp3) is 0. The molecule has 0 aliphatic heterocycles. The summed E-state index contributed by atoms with van der Waals surface area (Å²) in [5.74, 6) is -0.483. The molecule has 0 atom stereocenters. The lowest BCUT2D eigenvalue weighted by atomic mass is 10.2. The van der Waals surface area contributed by atoms with E-state index >= 15 is 0 Å². The quantitative estimate of drug-likeness (QED) is 0.791. The van der Waals surface area contributed by atoms with E-state index in [2.05, 4.69) is 5.32 Å². The molecule has 0 amide bonds. The van der Waals surface area contributed by atoms with Gasteiger partial charge in [-0.05, 0) is 36.4 Å². The van der Waals surface area contributed by atoms with E-state index in [0.717, 1.165) is 0 Å². The Balaban J connectivity index is 2.28. The molecule has 0 saturated heterocycles. The lowest BCUT2D eigenvalue weighted by Gasteiger charge is -2.09. The van der Waals surface area contributed by atoms with Gasteiger partial charge in [0.2, 0.25) is 0 Å². The van der Waals surface area contributed by atoms with Gasteiger partial charge in [0, 0.05) is 11.4 Å². The molecule has 2 rings (SSSR count). The van der Waals surface area contributed by atoms with Crippen LogP contribution in [0.5, 0.6) is 0 Å². The van der Waals surface area contributed by atoms with Crippen molar-refractivity contribution in [2.75, 3.05) is 11.1 Å². The van der Waals surface area contributed by atoms with Gasteiger partial charge in [0.05, 0.1) is 15.7 Å². The maximum atomic E-state index is 13.2. The van der Waals surface area contributed by atoms with Gasteiger partial charge in [-0.15, -0.1) is 0 Å². The fourth-order valence-corrected chi connectivity index (χ4v) is 1.72. The topological polar surface area (TPSA) is 38.0 Å². The Hall–Kier alpha value is -1.45. The molecule has 0 fully saturated rings. The van der Waals surface area contributed by atoms with Crippen molar-refractivity contribution >= 4 is 40.3 Å². The number of hydrogen-bond acceptors (Lipinski definition) is 2. The van der Waals surface area contributed by atoms with Crippen LogP contribution in [0.3, 0.4) is 0 Å². The third-order valence-electron chi connectivity index (χ3n) is 2.19. The van der Waals surface area contributed by atoms with Crippen LogP contribution in [0.4, 0.5) is 21.5 Å². The molecule has 2 nitrogen and oxygen atoms in total. The van der Waals surface area contributed by atoms with E-state index in [0.29, 0.717) is 22.1 Å². The van der Waals surface area contributed by atoms with Crippen LogP contribution >= 0.6 is 23.2 Å². The molecule has 17 heavy (non-hydrogen) atoms. The van der Waals surface area contributed by atoms with E-state index in [4.69, 9.17) is 28.9 Å². The highest BCUT2D eigenvalue weighted by Gasteiger charge is 2.04. The molecule has 0 aliphatic carbocycles. The highest BCUT2D eigenvalue weighted by molar-refractivity contribution is 6.33. The summed E-state index contributed by atoms with van der Waals surface area (Å²) in [5.41, 5.74) is 7.37. The SMILES string of the molecule is Nc1ccc(Nc2ccc(Cl)c(F)c2)c(Cl)c1. The van der Waals surface area contributed by atoms with E-state index < -0.39 is 5.82 Å². The zero-order valence-electron chi connectivity index (χ0n) is 8.68. The van der Waals surface area contributed by atoms with Crippen LogP contribution in [0.25, 0.3) is 0 Å². The number of benzene rings is 2. The number of nitrogen functional groups attached to an aromatic ring is 1. The van der Waals surface area contributed by atoms with Crippen molar-refractivity contribution in [3.63, 3.8) is 0 Å². The summed E-state index contributed by atoms with van der Waals surface area (Å²) in [7, 11) is 0. The van der Waals surface area contributed by atoms with E-state index in [1.54, 1.807) is 24.3 Å². The normalized spacial score (nSPS) is 10.3. The first-order valence-electron chi connectivity index (χ1n) is 4.83. The number of rotatable bonds is 2. The Morgan fingerprint density at radius 2 is 1.76 bits per heavy atom. The minimum Gasteiger partial charge on any atom is -0.399 e. The average Bonchev–Trinajstić information content (AvgIpc) is 2.27. The van der Waals surface area contributed by atoms with Crippen molar-refractivity contribution in [2.45, 2.75) is 0 Å². The first kappa shape index (κ1) is 12.0. The Bertz CT molecular complexity index is 558. The van der Waals surface area contributed by atoms with Gasteiger partial charge in [-0.1, -0.05) is 23.2 Å². The average molecular weight is 271 g/mol. The zero-order chi connectivity index (χ0) is 12.4. The molecular weight excluding hydrogens is 262 g/mol. The van der Waals surface area contributed by atoms with Crippen molar-refractivity contribution in [3.05, 3.63) is 52.3 Å². The van der Waals surface area contributed by atoms with Gasteiger partial charge < -0.3 is 11.1 Å². The second kappa shape index (κ2) is 4.82. The summed E-state index contributed by atoms with van der Waals surface area (Å²) < 4.78 is 13.2. The molecule has 0 saturated carbocycles. The number of halogens is 3. The highest BCUT2D eigenvalue weighted by Crippen LogP contribution is 2.28. The predicted octanol–water partition coefficient (Wildman–Crippen LogP) is 4.46. The highest BCUT2D eigenvalue weighted by atomic mass is 35.5. The van der Waals surface area contributed by atoms with Crippen LogP contribution in [0.15, 0.2) is 36.4 Å². The van der Waals surface area contributed by atoms with Gasteiger partial charge in [-0.2, -0.15) is 0 Å². The molecule has 0 bridgehead atoms. The minimum atomic E-state index is -0.483. The molecule has 2 aromatic rings. The summed E-state index contributed by atoms with van der Waals surface area (Å²) in [5, 5.41) is 3.54. The van der Waals surface area contributed by atoms with Crippen molar-refractivity contribution in [1.82, 2.24) is 0 Å². The van der Waals surface area contributed by atoms with Gasteiger partial charge in [-0.3, -0.25) is 0 Å². The Kier molecular flexibility index (Phi) is 3.41. The standard InChI is InChI=1S/C12H9Cl2FN2/c13-9-3-2-8(6-11(9)15)17-12-4-1-7(16)5-10(12)14/h1-6,17H,16H2. The molecule has 0 unspecified atom stereocenters. The number of hydrogen-bond donors (Lipinski definition) is 2. The lowest BCUT2D eigenvalue weighted by molar-refractivity contribution is 0.629. The van der Waals surface area contributed by atoms with Gasteiger partial charge in [0.1, 0.15) is 5.82 Å². The Labute approximate surface area is 108 Å². The number of nitrogens with one attached hydrogen (secondary N) is 1. The second-order valence-corrected chi connectivity index (χ2v) is 4.31. The van der Waals surface area contributed by atoms with Gasteiger partial charge >= 0.3 is 0 Å². The molecule has 0 spiro atoms. The van der Waals surface area contributed by atoms with Crippen LogP contribution in [-0.4, -0.2) is 0 Å². The van der Waals surface area contributed by atoms with Gasteiger partial charge in [0.25, 0.3) is 0 Å². The molecule has 5 heteroatoms. The molecule has 0 aromatic heterocycles. The zero-order valence-corrected chi connectivity index (χ0v) is 10.2.